The van der Waals surface area contributed by atoms with Crippen molar-refractivity contribution < 1.29 is 17.6 Å². The van der Waals surface area contributed by atoms with Crippen LogP contribution in [0.15, 0.2) is 60.0 Å². The summed E-state index contributed by atoms with van der Waals surface area (Å²) >= 11 is 1.70. The fourth-order valence-electron chi connectivity index (χ4n) is 3.99. The Bertz CT molecular complexity index is 1050. The number of carbonyl (C=O) groups is 1. The summed E-state index contributed by atoms with van der Waals surface area (Å²) in [5, 5.41) is 1.25. The van der Waals surface area contributed by atoms with Crippen molar-refractivity contribution in [2.75, 3.05) is 25.4 Å². The van der Waals surface area contributed by atoms with Crippen molar-refractivity contribution in [3.05, 3.63) is 76.9 Å². The molecule has 1 spiro atoms. The summed E-state index contributed by atoms with van der Waals surface area (Å²) < 4.78 is 40.5. The van der Waals surface area contributed by atoms with Gasteiger partial charge in [0.2, 0.25) is 10.0 Å². The first-order chi connectivity index (χ1) is 14.4. The molecule has 0 radical (unpaired) electrons. The first-order valence-corrected chi connectivity index (χ1v) is 12.3. The molecule has 2 fully saturated rings. The molecule has 158 valence electrons. The Kier molecular flexibility index (Phi) is 5.99. The van der Waals surface area contributed by atoms with Crippen molar-refractivity contribution in [2.24, 2.45) is 0 Å². The maximum atomic E-state index is 13.6. The van der Waals surface area contributed by atoms with E-state index in [1.54, 1.807) is 28.8 Å². The molecule has 0 unspecified atom stereocenters. The summed E-state index contributed by atoms with van der Waals surface area (Å²) in [4.78, 5) is 14.4. The molecular formula is C22H23FN2O3S2. The maximum absolute atomic E-state index is 13.6. The molecule has 0 aromatic heterocycles. The molecule has 2 heterocycles. The highest BCUT2D eigenvalue weighted by Crippen LogP contribution is 2.45. The third kappa shape index (κ3) is 4.31. The van der Waals surface area contributed by atoms with Gasteiger partial charge >= 0.3 is 0 Å². The third-order valence-electron chi connectivity index (χ3n) is 5.59. The molecule has 2 aliphatic heterocycles. The summed E-state index contributed by atoms with van der Waals surface area (Å²) in [6.45, 7) is 1.28. The molecule has 1 amide bonds. The number of amides is 1. The van der Waals surface area contributed by atoms with E-state index in [1.807, 2.05) is 30.3 Å². The summed E-state index contributed by atoms with van der Waals surface area (Å²) in [7, 11) is -3.53. The molecule has 0 saturated carbocycles. The van der Waals surface area contributed by atoms with Crippen LogP contribution in [0.4, 0.5) is 4.39 Å². The van der Waals surface area contributed by atoms with Gasteiger partial charge in [-0.1, -0.05) is 36.4 Å². The summed E-state index contributed by atoms with van der Waals surface area (Å²) in [6.07, 6.45) is 2.71. The first kappa shape index (κ1) is 21.1. The Morgan fingerprint density at radius 3 is 2.47 bits per heavy atom. The van der Waals surface area contributed by atoms with Crippen LogP contribution in [0, 0.1) is 5.82 Å². The fourth-order valence-corrected chi connectivity index (χ4v) is 6.64. The van der Waals surface area contributed by atoms with Crippen LogP contribution in [-0.4, -0.2) is 53.8 Å². The van der Waals surface area contributed by atoms with Crippen LogP contribution >= 0.6 is 11.8 Å². The van der Waals surface area contributed by atoms with Crippen LogP contribution in [0.2, 0.25) is 0 Å². The number of halogens is 1. The maximum Gasteiger partial charge on any atom is 0.255 e. The van der Waals surface area contributed by atoms with Gasteiger partial charge in [0.05, 0.1) is 4.87 Å². The van der Waals surface area contributed by atoms with Gasteiger partial charge in [-0.25, -0.2) is 12.8 Å². The molecular weight excluding hydrogens is 423 g/mol. The number of hydrogen-bond acceptors (Lipinski definition) is 4. The summed E-state index contributed by atoms with van der Waals surface area (Å²) in [5.41, 5.74) is 1.16. The van der Waals surface area contributed by atoms with E-state index in [-0.39, 0.29) is 5.91 Å². The van der Waals surface area contributed by atoms with Gasteiger partial charge in [0.25, 0.3) is 5.91 Å². The van der Waals surface area contributed by atoms with E-state index in [4.69, 9.17) is 0 Å². The highest BCUT2D eigenvalue weighted by atomic mass is 32.2. The van der Waals surface area contributed by atoms with Gasteiger partial charge in [0.15, 0.2) is 0 Å². The van der Waals surface area contributed by atoms with Gasteiger partial charge in [0.1, 0.15) is 5.82 Å². The SMILES string of the molecule is O=C(c1cccc(F)c1)N1CCSC12CCN(S(=O)(=O)C=Cc1ccccc1)CC2. The minimum Gasteiger partial charge on any atom is -0.323 e. The quantitative estimate of drug-likeness (QED) is 0.717. The van der Waals surface area contributed by atoms with Crippen molar-refractivity contribution in [3.63, 3.8) is 0 Å². The molecule has 0 N–H and O–H groups in total. The zero-order valence-electron chi connectivity index (χ0n) is 16.4. The van der Waals surface area contributed by atoms with Gasteiger partial charge < -0.3 is 4.90 Å². The number of piperidine rings is 1. The Labute approximate surface area is 180 Å². The lowest BCUT2D eigenvalue weighted by Crippen LogP contribution is -2.53. The zero-order chi connectivity index (χ0) is 21.2. The monoisotopic (exact) mass is 446 g/mol. The van der Waals surface area contributed by atoms with E-state index in [0.29, 0.717) is 38.0 Å². The lowest BCUT2D eigenvalue weighted by atomic mass is 10.0. The minimum absolute atomic E-state index is 0.195. The highest BCUT2D eigenvalue weighted by molar-refractivity contribution is 8.00. The van der Waals surface area contributed by atoms with Crippen molar-refractivity contribution in [1.29, 1.82) is 0 Å². The van der Waals surface area contributed by atoms with E-state index in [9.17, 15) is 17.6 Å². The minimum atomic E-state index is -3.53. The van der Waals surface area contributed by atoms with E-state index < -0.39 is 20.7 Å². The first-order valence-electron chi connectivity index (χ1n) is 9.84. The number of nitrogens with zero attached hydrogens (tertiary/aromatic N) is 2. The zero-order valence-corrected chi connectivity index (χ0v) is 18.0. The molecule has 0 atom stereocenters. The number of benzene rings is 2. The molecule has 2 aliphatic rings. The Morgan fingerprint density at radius 2 is 1.77 bits per heavy atom. The topological polar surface area (TPSA) is 57.7 Å². The molecule has 4 rings (SSSR count). The third-order valence-corrected chi connectivity index (χ3v) is 8.71. The molecule has 2 saturated heterocycles. The van der Waals surface area contributed by atoms with Crippen LogP contribution < -0.4 is 0 Å². The second-order valence-electron chi connectivity index (χ2n) is 7.42. The Morgan fingerprint density at radius 1 is 1.03 bits per heavy atom. The van der Waals surface area contributed by atoms with Gasteiger partial charge in [0, 0.05) is 36.4 Å². The van der Waals surface area contributed by atoms with Crippen molar-refractivity contribution in [1.82, 2.24) is 9.21 Å². The molecule has 2 aromatic carbocycles. The van der Waals surface area contributed by atoms with Gasteiger partial charge in [-0.3, -0.25) is 4.79 Å². The smallest absolute Gasteiger partial charge is 0.255 e. The van der Waals surface area contributed by atoms with Crippen LogP contribution in [0.5, 0.6) is 0 Å². The molecule has 2 aromatic rings. The van der Waals surface area contributed by atoms with Crippen LogP contribution in [-0.2, 0) is 10.0 Å². The van der Waals surface area contributed by atoms with Crippen LogP contribution in [0.25, 0.3) is 6.08 Å². The molecule has 0 aliphatic carbocycles. The number of carbonyl (C=O) groups excluding carboxylic acids is 1. The second kappa shape index (κ2) is 8.53. The van der Waals surface area contributed by atoms with Gasteiger partial charge in [-0.2, -0.15) is 4.31 Å². The number of hydrogen-bond donors (Lipinski definition) is 0. The van der Waals surface area contributed by atoms with Crippen LogP contribution in [0.3, 0.4) is 0 Å². The Balaban J connectivity index is 1.46. The number of thioether (sulfide) groups is 1. The Hall–Kier alpha value is -2.16. The van der Waals surface area contributed by atoms with E-state index in [1.165, 1.54) is 27.9 Å². The van der Waals surface area contributed by atoms with Gasteiger partial charge in [-0.15, -0.1) is 11.8 Å². The van der Waals surface area contributed by atoms with Crippen molar-refractivity contribution >= 4 is 33.8 Å². The second-order valence-corrected chi connectivity index (χ2v) is 10.7. The lowest BCUT2D eigenvalue weighted by Gasteiger charge is -2.43. The number of sulfonamides is 1. The highest BCUT2D eigenvalue weighted by Gasteiger charge is 2.47. The molecule has 8 heteroatoms. The van der Waals surface area contributed by atoms with E-state index in [0.717, 1.165) is 11.3 Å². The average molecular weight is 447 g/mol. The molecule has 30 heavy (non-hydrogen) atoms. The van der Waals surface area contributed by atoms with Crippen LogP contribution in [0.1, 0.15) is 28.8 Å². The van der Waals surface area contributed by atoms with E-state index >= 15 is 0 Å². The van der Waals surface area contributed by atoms with Gasteiger partial charge in [-0.05, 0) is 42.7 Å². The van der Waals surface area contributed by atoms with E-state index in [2.05, 4.69) is 0 Å². The molecule has 5 nitrogen and oxygen atoms in total. The summed E-state index contributed by atoms with van der Waals surface area (Å²) in [5.74, 6) is 0.162. The standard InChI is InChI=1S/C22H23FN2O3S2/c23-20-8-4-7-19(17-20)21(26)25-14-15-29-22(25)10-12-24(13-11-22)30(27,28)16-9-18-5-2-1-3-6-18/h1-9,16-17H,10-15H2. The lowest BCUT2D eigenvalue weighted by molar-refractivity contribution is 0.0605. The fraction of sp³-hybridized carbons (Fsp3) is 0.318. The summed E-state index contributed by atoms with van der Waals surface area (Å²) in [6, 6.07) is 15.0. The normalized spacial score (nSPS) is 19.6. The van der Waals surface area contributed by atoms with Crippen molar-refractivity contribution in [2.45, 2.75) is 17.7 Å². The number of rotatable bonds is 4. The predicted molar refractivity (Wildman–Crippen MR) is 118 cm³/mol. The largest absolute Gasteiger partial charge is 0.323 e. The predicted octanol–water partition coefficient (Wildman–Crippen LogP) is 3.81. The van der Waals surface area contributed by atoms with Crippen molar-refractivity contribution in [3.8, 4) is 0 Å². The average Bonchev–Trinajstić information content (AvgIpc) is 3.15. The molecule has 0 bridgehead atoms.